The van der Waals surface area contributed by atoms with Crippen molar-refractivity contribution in [3.63, 3.8) is 0 Å². The van der Waals surface area contributed by atoms with Gasteiger partial charge < -0.3 is 4.74 Å². The van der Waals surface area contributed by atoms with E-state index in [2.05, 4.69) is 25.9 Å². The van der Waals surface area contributed by atoms with Crippen molar-refractivity contribution in [1.82, 2.24) is 9.97 Å². The van der Waals surface area contributed by atoms with Gasteiger partial charge in [0.25, 0.3) is 0 Å². The van der Waals surface area contributed by atoms with Crippen LogP contribution in [0.2, 0.25) is 0 Å². The van der Waals surface area contributed by atoms with Gasteiger partial charge in [-0.3, -0.25) is 4.79 Å². The third-order valence-corrected chi connectivity index (χ3v) is 2.36. The van der Waals surface area contributed by atoms with Crippen LogP contribution in [0.3, 0.4) is 0 Å². The fourth-order valence-corrected chi connectivity index (χ4v) is 1.58. The number of esters is 1. The van der Waals surface area contributed by atoms with Crippen molar-refractivity contribution < 1.29 is 9.53 Å². The topological polar surface area (TPSA) is 52.1 Å². The first-order valence-electron chi connectivity index (χ1n) is 4.28. The normalized spacial score (nSPS) is 12.2. The lowest BCUT2D eigenvalue weighted by Gasteiger charge is -2.10. The van der Waals surface area contributed by atoms with Crippen LogP contribution in [0.15, 0.2) is 17.0 Å². The number of aromatic nitrogens is 2. The van der Waals surface area contributed by atoms with E-state index in [1.165, 1.54) is 6.33 Å². The molecular weight excluding hydrogens is 248 g/mol. The maximum atomic E-state index is 11.4. The van der Waals surface area contributed by atoms with Gasteiger partial charge in [-0.1, -0.05) is 0 Å². The Labute approximate surface area is 90.8 Å². The number of carbonyl (C=O) groups excluding carboxylic acids is 1. The van der Waals surface area contributed by atoms with Crippen molar-refractivity contribution >= 4 is 21.9 Å². The molecule has 1 heterocycles. The summed E-state index contributed by atoms with van der Waals surface area (Å²) in [6, 6.07) is 0. The molecule has 0 N–H and O–H groups in total. The predicted molar refractivity (Wildman–Crippen MR) is 54.8 cm³/mol. The van der Waals surface area contributed by atoms with Gasteiger partial charge in [0.2, 0.25) is 0 Å². The Bertz CT molecular complexity index is 330. The zero-order valence-corrected chi connectivity index (χ0v) is 9.61. The first-order chi connectivity index (χ1) is 6.66. The second-order valence-corrected chi connectivity index (χ2v) is 3.58. The van der Waals surface area contributed by atoms with E-state index in [9.17, 15) is 4.79 Å². The van der Waals surface area contributed by atoms with Crippen LogP contribution < -0.4 is 0 Å². The monoisotopic (exact) mass is 258 g/mol. The lowest BCUT2D eigenvalue weighted by molar-refractivity contribution is -0.144. The van der Waals surface area contributed by atoms with Crippen LogP contribution in [-0.2, 0) is 9.53 Å². The van der Waals surface area contributed by atoms with Crippen LogP contribution in [0.25, 0.3) is 0 Å². The maximum Gasteiger partial charge on any atom is 0.314 e. The van der Waals surface area contributed by atoms with Gasteiger partial charge >= 0.3 is 5.97 Å². The molecule has 0 bridgehead atoms. The SMILES string of the molecule is CCOC(=O)C(C)c1ncncc1Br. The first kappa shape index (κ1) is 11.1. The molecule has 0 amide bonds. The maximum absolute atomic E-state index is 11.4. The standard InChI is InChI=1S/C9H11BrN2O2/c1-3-14-9(13)6(2)8-7(10)4-11-5-12-8/h4-6H,3H2,1-2H3. The molecule has 0 saturated carbocycles. The van der Waals surface area contributed by atoms with E-state index in [1.54, 1.807) is 20.0 Å². The molecule has 76 valence electrons. The van der Waals surface area contributed by atoms with Gasteiger partial charge in [0, 0.05) is 6.20 Å². The van der Waals surface area contributed by atoms with Crippen LogP contribution >= 0.6 is 15.9 Å². The van der Waals surface area contributed by atoms with Crippen molar-refractivity contribution in [1.29, 1.82) is 0 Å². The molecule has 4 nitrogen and oxygen atoms in total. The van der Waals surface area contributed by atoms with E-state index in [0.717, 1.165) is 4.47 Å². The summed E-state index contributed by atoms with van der Waals surface area (Å²) in [5.41, 5.74) is 0.651. The van der Waals surface area contributed by atoms with Crippen molar-refractivity contribution in [2.75, 3.05) is 6.61 Å². The highest BCUT2D eigenvalue weighted by molar-refractivity contribution is 9.10. The van der Waals surface area contributed by atoms with Gasteiger partial charge in [-0.2, -0.15) is 0 Å². The van der Waals surface area contributed by atoms with E-state index in [-0.39, 0.29) is 11.9 Å². The lowest BCUT2D eigenvalue weighted by atomic mass is 10.1. The molecule has 1 atom stereocenters. The van der Waals surface area contributed by atoms with E-state index < -0.39 is 0 Å². The predicted octanol–water partition coefficient (Wildman–Crippen LogP) is 1.91. The van der Waals surface area contributed by atoms with Crippen LogP contribution in [-0.4, -0.2) is 22.5 Å². The molecule has 1 rings (SSSR count). The summed E-state index contributed by atoms with van der Waals surface area (Å²) in [6.45, 7) is 3.91. The van der Waals surface area contributed by atoms with Gasteiger partial charge in [-0.15, -0.1) is 0 Å². The smallest absolute Gasteiger partial charge is 0.314 e. The van der Waals surface area contributed by atoms with Crippen molar-refractivity contribution in [3.05, 3.63) is 22.7 Å². The molecule has 1 aromatic heterocycles. The minimum Gasteiger partial charge on any atom is -0.465 e. The number of hydrogen-bond acceptors (Lipinski definition) is 4. The molecule has 0 aliphatic rings. The summed E-state index contributed by atoms with van der Waals surface area (Å²) in [4.78, 5) is 19.2. The molecule has 5 heteroatoms. The number of ether oxygens (including phenoxy) is 1. The number of rotatable bonds is 3. The van der Waals surface area contributed by atoms with Crippen molar-refractivity contribution in [2.24, 2.45) is 0 Å². The van der Waals surface area contributed by atoms with E-state index >= 15 is 0 Å². The highest BCUT2D eigenvalue weighted by Gasteiger charge is 2.19. The summed E-state index contributed by atoms with van der Waals surface area (Å²) in [6.07, 6.45) is 3.02. The summed E-state index contributed by atoms with van der Waals surface area (Å²) < 4.78 is 5.62. The molecule has 0 aliphatic carbocycles. The molecule has 1 unspecified atom stereocenters. The Morgan fingerprint density at radius 2 is 2.43 bits per heavy atom. The first-order valence-corrected chi connectivity index (χ1v) is 5.08. The Balaban J connectivity index is 2.84. The Morgan fingerprint density at radius 1 is 1.71 bits per heavy atom. The lowest BCUT2D eigenvalue weighted by Crippen LogP contribution is -2.14. The third-order valence-electron chi connectivity index (χ3n) is 1.75. The van der Waals surface area contributed by atoms with E-state index in [4.69, 9.17) is 4.74 Å². The Kier molecular flexibility index (Phi) is 4.00. The number of nitrogens with zero attached hydrogens (tertiary/aromatic N) is 2. The van der Waals surface area contributed by atoms with Crippen LogP contribution in [0.5, 0.6) is 0 Å². The second-order valence-electron chi connectivity index (χ2n) is 2.73. The molecule has 1 aromatic rings. The number of carbonyl (C=O) groups is 1. The second kappa shape index (κ2) is 5.05. The van der Waals surface area contributed by atoms with Gasteiger partial charge in [0.1, 0.15) is 6.33 Å². The summed E-state index contributed by atoms with van der Waals surface area (Å²) in [5.74, 6) is -0.640. The fourth-order valence-electron chi connectivity index (χ4n) is 1.02. The van der Waals surface area contributed by atoms with Gasteiger partial charge in [-0.05, 0) is 29.8 Å². The average molecular weight is 259 g/mol. The minimum absolute atomic E-state index is 0.271. The molecule has 0 spiro atoms. The fraction of sp³-hybridized carbons (Fsp3) is 0.444. The minimum atomic E-state index is -0.368. The van der Waals surface area contributed by atoms with Crippen LogP contribution in [0.1, 0.15) is 25.5 Å². The van der Waals surface area contributed by atoms with E-state index in [1.807, 2.05) is 0 Å². The summed E-state index contributed by atoms with van der Waals surface area (Å²) >= 11 is 3.28. The number of halogens is 1. The molecule has 0 fully saturated rings. The summed E-state index contributed by atoms with van der Waals surface area (Å²) in [5, 5.41) is 0. The molecule has 0 saturated heterocycles. The molecule has 0 aliphatic heterocycles. The average Bonchev–Trinajstić information content (AvgIpc) is 2.18. The largest absolute Gasteiger partial charge is 0.465 e. The van der Waals surface area contributed by atoms with Gasteiger partial charge in [-0.25, -0.2) is 9.97 Å². The van der Waals surface area contributed by atoms with Crippen LogP contribution in [0.4, 0.5) is 0 Å². The van der Waals surface area contributed by atoms with Crippen molar-refractivity contribution in [2.45, 2.75) is 19.8 Å². The van der Waals surface area contributed by atoms with Gasteiger partial charge in [0.15, 0.2) is 0 Å². The van der Waals surface area contributed by atoms with Gasteiger partial charge in [0.05, 0.1) is 22.7 Å². The molecular formula is C9H11BrN2O2. The zero-order valence-electron chi connectivity index (χ0n) is 8.03. The Hall–Kier alpha value is -0.970. The summed E-state index contributed by atoms with van der Waals surface area (Å²) in [7, 11) is 0. The quantitative estimate of drug-likeness (QED) is 0.778. The zero-order chi connectivity index (χ0) is 10.6. The number of hydrogen-bond donors (Lipinski definition) is 0. The molecule has 0 radical (unpaired) electrons. The molecule has 14 heavy (non-hydrogen) atoms. The highest BCUT2D eigenvalue weighted by atomic mass is 79.9. The van der Waals surface area contributed by atoms with Crippen LogP contribution in [0, 0.1) is 0 Å². The van der Waals surface area contributed by atoms with Crippen molar-refractivity contribution in [3.8, 4) is 0 Å². The van der Waals surface area contributed by atoms with E-state index in [0.29, 0.717) is 12.3 Å². The Morgan fingerprint density at radius 3 is 3.00 bits per heavy atom. The molecule has 0 aromatic carbocycles. The highest BCUT2D eigenvalue weighted by Crippen LogP contribution is 2.22. The third kappa shape index (κ3) is 2.51.